The fraction of sp³-hybridized carbons (Fsp3) is 0.100. The van der Waals surface area contributed by atoms with Crippen LogP contribution in [0.4, 0.5) is 0 Å². The van der Waals surface area contributed by atoms with Crippen LogP contribution in [0.3, 0.4) is 0 Å². The molecule has 0 bridgehead atoms. The van der Waals surface area contributed by atoms with Crippen LogP contribution in [0.25, 0.3) is 38.9 Å². The Morgan fingerprint density at radius 2 is 1.83 bits per heavy atom. The monoisotopic (exact) mass is 454 g/mol. The Bertz CT molecular complexity index is 1670. The molecule has 5 nitrogen and oxygen atoms in total. The molecule has 0 spiro atoms. The first kappa shape index (κ1) is 19.9. The zero-order valence-corrected chi connectivity index (χ0v) is 19.0. The molecule has 5 aromatic rings. The predicted molar refractivity (Wildman–Crippen MR) is 139 cm³/mol. The van der Waals surface area contributed by atoms with Crippen LogP contribution in [-0.4, -0.2) is 20.9 Å². The van der Waals surface area contributed by atoms with Crippen molar-refractivity contribution in [2.45, 2.75) is 18.9 Å². The van der Waals surface area contributed by atoms with Crippen molar-refractivity contribution in [2.75, 3.05) is 0 Å². The summed E-state index contributed by atoms with van der Waals surface area (Å²) in [5, 5.41) is 4.20. The van der Waals surface area contributed by atoms with Crippen LogP contribution in [-0.2, 0) is 0 Å². The van der Waals surface area contributed by atoms with Gasteiger partial charge in [0.05, 0.1) is 22.6 Å². The molecule has 0 radical (unpaired) electrons. The summed E-state index contributed by atoms with van der Waals surface area (Å²) in [7, 11) is 0. The van der Waals surface area contributed by atoms with Crippen LogP contribution in [0, 0.1) is 0 Å². The number of aromatic amines is 1. The van der Waals surface area contributed by atoms with Crippen LogP contribution in [0.5, 0.6) is 0 Å². The van der Waals surface area contributed by atoms with Gasteiger partial charge in [-0.3, -0.25) is 9.78 Å². The van der Waals surface area contributed by atoms with Gasteiger partial charge >= 0.3 is 0 Å². The molecule has 35 heavy (non-hydrogen) atoms. The van der Waals surface area contributed by atoms with E-state index in [4.69, 9.17) is 4.98 Å². The van der Waals surface area contributed by atoms with Gasteiger partial charge in [0, 0.05) is 22.7 Å². The zero-order valence-electron chi connectivity index (χ0n) is 19.0. The molecule has 1 atom stereocenters. The number of allylic oxidation sites excluding steroid dienone is 2. The van der Waals surface area contributed by atoms with Crippen molar-refractivity contribution in [3.63, 3.8) is 0 Å². The molecule has 2 N–H and O–H groups in total. The van der Waals surface area contributed by atoms with Gasteiger partial charge in [-0.1, -0.05) is 54.6 Å². The topological polar surface area (TPSA) is 70.7 Å². The van der Waals surface area contributed by atoms with Crippen LogP contribution < -0.4 is 5.32 Å². The first-order chi connectivity index (χ1) is 17.3. The van der Waals surface area contributed by atoms with Gasteiger partial charge in [-0.05, 0) is 65.4 Å². The first-order valence-electron chi connectivity index (χ1n) is 11.9. The summed E-state index contributed by atoms with van der Waals surface area (Å²) >= 11 is 0. The Morgan fingerprint density at radius 1 is 0.943 bits per heavy atom. The Hall–Kier alpha value is -4.51. The first-order valence-corrected chi connectivity index (χ1v) is 11.9. The van der Waals surface area contributed by atoms with Crippen molar-refractivity contribution < 1.29 is 4.79 Å². The van der Waals surface area contributed by atoms with Gasteiger partial charge in [0.1, 0.15) is 5.82 Å². The number of pyridine rings is 1. The van der Waals surface area contributed by atoms with E-state index in [1.54, 1.807) is 6.20 Å². The number of nitrogens with one attached hydrogen (secondary N) is 2. The molecule has 7 rings (SSSR count). The highest BCUT2D eigenvalue weighted by Gasteiger charge is 2.34. The van der Waals surface area contributed by atoms with Crippen molar-refractivity contribution >= 4 is 33.4 Å². The summed E-state index contributed by atoms with van der Waals surface area (Å²) in [5.41, 5.74) is 9.27. The minimum absolute atomic E-state index is 0.0959. The number of para-hydroxylation sites is 2. The highest BCUT2D eigenvalue weighted by atomic mass is 16.1. The molecule has 2 aromatic heterocycles. The lowest BCUT2D eigenvalue weighted by Crippen LogP contribution is -2.28. The number of H-pyrrole nitrogens is 1. The van der Waals surface area contributed by atoms with E-state index in [1.807, 2.05) is 54.6 Å². The van der Waals surface area contributed by atoms with E-state index >= 15 is 0 Å². The number of carbonyl (C=O) groups excluding carboxylic acids is 1. The number of imidazole rings is 1. The van der Waals surface area contributed by atoms with Gasteiger partial charge in [0.25, 0.3) is 5.91 Å². The van der Waals surface area contributed by atoms with E-state index < -0.39 is 0 Å². The number of amides is 1. The summed E-state index contributed by atoms with van der Waals surface area (Å²) in [6.07, 6.45) is 8.06. The number of fused-ring (bicyclic) bond motifs is 4. The third-order valence-corrected chi connectivity index (χ3v) is 7.04. The van der Waals surface area contributed by atoms with E-state index in [0.717, 1.165) is 51.7 Å². The maximum Gasteiger partial charge on any atom is 0.252 e. The van der Waals surface area contributed by atoms with Crippen molar-refractivity contribution in [3.8, 4) is 11.4 Å². The van der Waals surface area contributed by atoms with Crippen molar-refractivity contribution in [2.24, 2.45) is 0 Å². The minimum Gasteiger partial charge on any atom is -0.341 e. The Balaban J connectivity index is 1.34. The van der Waals surface area contributed by atoms with Crippen molar-refractivity contribution in [3.05, 3.63) is 113 Å². The van der Waals surface area contributed by atoms with Crippen LogP contribution in [0.2, 0.25) is 0 Å². The van der Waals surface area contributed by atoms with Gasteiger partial charge in [0.15, 0.2) is 0 Å². The number of nitrogens with zero attached hydrogens (tertiary/aromatic N) is 2. The second-order valence-electron chi connectivity index (χ2n) is 9.03. The Morgan fingerprint density at radius 3 is 2.77 bits per heavy atom. The molecule has 0 saturated heterocycles. The molecule has 5 heteroatoms. The third-order valence-electron chi connectivity index (χ3n) is 7.04. The standard InChI is InChI=1S/C30H22N4O/c35-30(21-10-6-16-24-18(21)13-7-17-31-24)34-28-20-9-2-1-8-19(20)27-22(28)11-5-12-23(27)29-32-25-14-3-4-15-26(25)33-29/h2-7,9-17,28H,1,8H2,(H,32,33)(H,34,35). The normalized spacial score (nSPS) is 16.5. The van der Waals surface area contributed by atoms with Gasteiger partial charge in [-0.15, -0.1) is 0 Å². The molecule has 2 aliphatic carbocycles. The molecule has 0 saturated carbocycles. The number of carbonyl (C=O) groups is 1. The van der Waals surface area contributed by atoms with Crippen LogP contribution in [0.1, 0.15) is 40.4 Å². The van der Waals surface area contributed by atoms with Crippen LogP contribution in [0.15, 0.2) is 96.7 Å². The molecule has 1 amide bonds. The molecular weight excluding hydrogens is 432 g/mol. The second kappa shape index (κ2) is 7.77. The molecule has 168 valence electrons. The Labute approximate surface area is 202 Å². The van der Waals surface area contributed by atoms with E-state index in [2.05, 4.69) is 45.6 Å². The molecule has 3 aromatic carbocycles. The van der Waals surface area contributed by atoms with Crippen molar-refractivity contribution in [1.82, 2.24) is 20.3 Å². The molecule has 2 aliphatic rings. The summed E-state index contributed by atoms with van der Waals surface area (Å²) in [6.45, 7) is 0. The number of hydrogen-bond donors (Lipinski definition) is 2. The second-order valence-corrected chi connectivity index (χ2v) is 9.03. The number of benzene rings is 3. The molecule has 2 heterocycles. The average Bonchev–Trinajstić information content (AvgIpc) is 3.48. The van der Waals surface area contributed by atoms with Gasteiger partial charge in [-0.2, -0.15) is 0 Å². The van der Waals surface area contributed by atoms with Gasteiger partial charge < -0.3 is 10.3 Å². The van der Waals surface area contributed by atoms with Crippen LogP contribution >= 0.6 is 0 Å². The minimum atomic E-state index is -0.208. The average molecular weight is 455 g/mol. The van der Waals surface area contributed by atoms with E-state index in [1.165, 1.54) is 16.7 Å². The summed E-state index contributed by atoms with van der Waals surface area (Å²) < 4.78 is 0. The summed E-state index contributed by atoms with van der Waals surface area (Å²) in [5.74, 6) is 0.762. The quantitative estimate of drug-likeness (QED) is 0.333. The maximum absolute atomic E-state index is 13.6. The van der Waals surface area contributed by atoms with E-state index in [9.17, 15) is 4.79 Å². The fourth-order valence-electron chi connectivity index (χ4n) is 5.48. The lowest BCUT2D eigenvalue weighted by atomic mass is 9.93. The summed E-state index contributed by atoms with van der Waals surface area (Å²) in [6, 6.07) is 23.7. The van der Waals surface area contributed by atoms with Gasteiger partial charge in [0.2, 0.25) is 0 Å². The zero-order chi connectivity index (χ0) is 23.4. The highest BCUT2D eigenvalue weighted by molar-refractivity contribution is 6.07. The SMILES string of the molecule is O=C(NC1C2=C(CCC=C2)c2c(-c3nc4ccccc4[nH]3)cccc21)c1cccc2ncccc12. The summed E-state index contributed by atoms with van der Waals surface area (Å²) in [4.78, 5) is 26.3. The smallest absolute Gasteiger partial charge is 0.252 e. The number of hydrogen-bond acceptors (Lipinski definition) is 3. The highest BCUT2D eigenvalue weighted by Crippen LogP contribution is 2.48. The lowest BCUT2D eigenvalue weighted by molar-refractivity contribution is 0.0945. The van der Waals surface area contributed by atoms with E-state index in [-0.39, 0.29) is 11.9 Å². The Kier molecular flexibility index (Phi) is 4.42. The number of aromatic nitrogens is 3. The van der Waals surface area contributed by atoms with Gasteiger partial charge in [-0.25, -0.2) is 4.98 Å². The predicted octanol–water partition coefficient (Wildman–Crippen LogP) is 6.37. The molecular formula is C30H22N4O. The molecule has 0 fully saturated rings. The largest absolute Gasteiger partial charge is 0.341 e. The van der Waals surface area contributed by atoms with Crippen molar-refractivity contribution in [1.29, 1.82) is 0 Å². The molecule has 1 unspecified atom stereocenters. The number of rotatable bonds is 3. The van der Waals surface area contributed by atoms with E-state index in [0.29, 0.717) is 5.56 Å². The fourth-order valence-corrected chi connectivity index (χ4v) is 5.48. The third kappa shape index (κ3) is 3.12. The lowest BCUT2D eigenvalue weighted by Gasteiger charge is -2.19. The molecule has 0 aliphatic heterocycles. The maximum atomic E-state index is 13.6.